The maximum Gasteiger partial charge on any atom is 0.338 e. The monoisotopic (exact) mass is 325 g/mol. The van der Waals surface area contributed by atoms with Crippen molar-refractivity contribution in [2.45, 2.75) is 39.7 Å². The third-order valence-electron chi connectivity index (χ3n) is 3.75. The third kappa shape index (κ3) is 4.69. The van der Waals surface area contributed by atoms with Gasteiger partial charge >= 0.3 is 5.97 Å². The largest absolute Gasteiger partial charge is 0.449 e. The number of hydrogen-bond acceptors (Lipinski definition) is 3. The van der Waals surface area contributed by atoms with Crippen molar-refractivity contribution in [3.8, 4) is 0 Å². The van der Waals surface area contributed by atoms with Crippen LogP contribution in [-0.2, 0) is 9.53 Å². The molecule has 2 aromatic rings. The minimum absolute atomic E-state index is 0.353. The molecule has 0 radical (unpaired) electrons. The molecule has 1 amide bonds. The summed E-state index contributed by atoms with van der Waals surface area (Å²) >= 11 is 0. The Morgan fingerprint density at radius 1 is 1.00 bits per heavy atom. The van der Waals surface area contributed by atoms with Gasteiger partial charge in [0.15, 0.2) is 6.10 Å². The van der Waals surface area contributed by atoms with Crippen LogP contribution >= 0.6 is 0 Å². The van der Waals surface area contributed by atoms with E-state index in [1.807, 2.05) is 37.3 Å². The first kappa shape index (κ1) is 17.7. The van der Waals surface area contributed by atoms with Gasteiger partial charge in [0.25, 0.3) is 5.91 Å². The van der Waals surface area contributed by atoms with Gasteiger partial charge in [0.05, 0.1) is 5.56 Å². The fourth-order valence-corrected chi connectivity index (χ4v) is 2.25. The molecular weight excluding hydrogens is 302 g/mol. The van der Waals surface area contributed by atoms with Gasteiger partial charge in [-0.25, -0.2) is 4.79 Å². The predicted octanol–water partition coefficient (Wildman–Crippen LogP) is 4.30. The highest BCUT2D eigenvalue weighted by Crippen LogP contribution is 2.17. The molecule has 2 aromatic carbocycles. The number of benzene rings is 2. The molecular formula is C20H23NO3. The molecule has 0 aliphatic heterocycles. The SMILES string of the molecule is Cc1cccc(C(=O)O[C@H](C)C(=O)Nc2ccc(C(C)C)cc2)c1. The second kappa shape index (κ2) is 7.77. The number of anilines is 1. The Labute approximate surface area is 142 Å². The molecule has 4 nitrogen and oxygen atoms in total. The van der Waals surface area contributed by atoms with E-state index in [4.69, 9.17) is 4.74 Å². The number of rotatable bonds is 5. The zero-order valence-corrected chi connectivity index (χ0v) is 14.5. The lowest BCUT2D eigenvalue weighted by molar-refractivity contribution is -0.123. The predicted molar refractivity (Wildman–Crippen MR) is 95.2 cm³/mol. The van der Waals surface area contributed by atoms with Crippen LogP contribution in [0.25, 0.3) is 0 Å². The van der Waals surface area contributed by atoms with Crippen molar-refractivity contribution in [3.63, 3.8) is 0 Å². The molecule has 1 N–H and O–H groups in total. The van der Waals surface area contributed by atoms with Crippen molar-refractivity contribution < 1.29 is 14.3 Å². The zero-order chi connectivity index (χ0) is 17.7. The normalized spacial score (nSPS) is 11.9. The Kier molecular flexibility index (Phi) is 5.74. The van der Waals surface area contributed by atoms with Crippen LogP contribution in [0.15, 0.2) is 48.5 Å². The average Bonchev–Trinajstić information content (AvgIpc) is 2.55. The summed E-state index contributed by atoms with van der Waals surface area (Å²) in [5.41, 5.74) is 3.29. The van der Waals surface area contributed by atoms with Crippen molar-refractivity contribution in [2.24, 2.45) is 0 Å². The number of carbonyl (C=O) groups excluding carboxylic acids is 2. The topological polar surface area (TPSA) is 55.4 Å². The van der Waals surface area contributed by atoms with Crippen LogP contribution in [-0.4, -0.2) is 18.0 Å². The quantitative estimate of drug-likeness (QED) is 0.834. The van der Waals surface area contributed by atoms with E-state index in [0.717, 1.165) is 5.56 Å². The molecule has 0 spiro atoms. The zero-order valence-electron chi connectivity index (χ0n) is 14.5. The summed E-state index contributed by atoms with van der Waals surface area (Å²) in [7, 11) is 0. The fourth-order valence-electron chi connectivity index (χ4n) is 2.25. The first-order valence-electron chi connectivity index (χ1n) is 8.05. The molecule has 0 aliphatic carbocycles. The van der Waals surface area contributed by atoms with Crippen molar-refractivity contribution in [1.29, 1.82) is 0 Å². The van der Waals surface area contributed by atoms with Gasteiger partial charge in [-0.15, -0.1) is 0 Å². The molecule has 0 bridgehead atoms. The van der Waals surface area contributed by atoms with Gasteiger partial charge in [-0.2, -0.15) is 0 Å². The van der Waals surface area contributed by atoms with Crippen LogP contribution < -0.4 is 5.32 Å². The molecule has 0 saturated carbocycles. The fraction of sp³-hybridized carbons (Fsp3) is 0.300. The molecule has 4 heteroatoms. The second-order valence-electron chi connectivity index (χ2n) is 6.18. The van der Waals surface area contributed by atoms with E-state index >= 15 is 0 Å². The standard InChI is InChI=1S/C20H23NO3/c1-13(2)16-8-10-18(11-9-16)21-19(22)15(4)24-20(23)17-7-5-6-14(3)12-17/h5-13,15H,1-4H3,(H,21,22)/t15-/m1/s1. The van der Waals surface area contributed by atoms with Gasteiger partial charge in [0, 0.05) is 5.69 Å². The maximum atomic E-state index is 12.2. The van der Waals surface area contributed by atoms with E-state index < -0.39 is 12.1 Å². The number of aryl methyl sites for hydroxylation is 1. The molecule has 1 atom stereocenters. The summed E-state index contributed by atoms with van der Waals surface area (Å²) in [6.45, 7) is 7.68. The minimum Gasteiger partial charge on any atom is -0.449 e. The van der Waals surface area contributed by atoms with Gasteiger partial charge < -0.3 is 10.1 Å². The van der Waals surface area contributed by atoms with Crippen LogP contribution in [0.4, 0.5) is 5.69 Å². The van der Waals surface area contributed by atoms with Gasteiger partial charge in [-0.3, -0.25) is 4.79 Å². The van der Waals surface area contributed by atoms with E-state index in [9.17, 15) is 9.59 Å². The second-order valence-corrected chi connectivity index (χ2v) is 6.18. The Balaban J connectivity index is 1.95. The van der Waals surface area contributed by atoms with E-state index in [-0.39, 0.29) is 5.91 Å². The van der Waals surface area contributed by atoms with E-state index in [0.29, 0.717) is 17.2 Å². The summed E-state index contributed by atoms with van der Waals surface area (Å²) in [4.78, 5) is 24.3. The number of amides is 1. The highest BCUT2D eigenvalue weighted by molar-refractivity contribution is 5.97. The Bertz CT molecular complexity index is 720. The summed E-state index contributed by atoms with van der Waals surface area (Å²) in [6.07, 6.45) is -0.872. The van der Waals surface area contributed by atoms with Crippen molar-refractivity contribution in [2.75, 3.05) is 5.32 Å². The smallest absolute Gasteiger partial charge is 0.338 e. The molecule has 0 unspecified atom stereocenters. The lowest BCUT2D eigenvalue weighted by atomic mass is 10.0. The van der Waals surface area contributed by atoms with Crippen molar-refractivity contribution in [3.05, 3.63) is 65.2 Å². The Morgan fingerprint density at radius 3 is 2.25 bits per heavy atom. The lowest BCUT2D eigenvalue weighted by Gasteiger charge is -2.14. The molecule has 0 fully saturated rings. The molecule has 0 aromatic heterocycles. The molecule has 24 heavy (non-hydrogen) atoms. The maximum absolute atomic E-state index is 12.2. The van der Waals surface area contributed by atoms with Gasteiger partial charge in [0.2, 0.25) is 0 Å². The summed E-state index contributed by atoms with van der Waals surface area (Å²) in [6, 6.07) is 14.7. The van der Waals surface area contributed by atoms with Crippen molar-refractivity contribution >= 4 is 17.6 Å². The minimum atomic E-state index is -0.872. The van der Waals surface area contributed by atoms with E-state index in [2.05, 4.69) is 19.2 Å². The number of esters is 1. The molecule has 0 heterocycles. The highest BCUT2D eigenvalue weighted by atomic mass is 16.5. The highest BCUT2D eigenvalue weighted by Gasteiger charge is 2.19. The van der Waals surface area contributed by atoms with E-state index in [1.165, 1.54) is 5.56 Å². The number of hydrogen-bond donors (Lipinski definition) is 1. The van der Waals surface area contributed by atoms with Crippen molar-refractivity contribution in [1.82, 2.24) is 0 Å². The number of ether oxygens (including phenoxy) is 1. The molecule has 0 aliphatic rings. The number of nitrogens with one attached hydrogen (secondary N) is 1. The summed E-state index contributed by atoms with van der Waals surface area (Å²) in [5, 5.41) is 2.76. The molecule has 2 rings (SSSR count). The summed E-state index contributed by atoms with van der Waals surface area (Å²) < 4.78 is 5.24. The Morgan fingerprint density at radius 2 is 1.67 bits per heavy atom. The van der Waals surface area contributed by atoms with Crippen LogP contribution in [0.3, 0.4) is 0 Å². The Hall–Kier alpha value is -2.62. The van der Waals surface area contributed by atoms with Crippen LogP contribution in [0.1, 0.15) is 48.2 Å². The third-order valence-corrected chi connectivity index (χ3v) is 3.75. The van der Waals surface area contributed by atoms with Gasteiger partial charge in [0.1, 0.15) is 0 Å². The molecule has 126 valence electrons. The first-order chi connectivity index (χ1) is 11.4. The number of carbonyl (C=O) groups is 2. The van der Waals surface area contributed by atoms with Crippen LogP contribution in [0, 0.1) is 6.92 Å². The van der Waals surface area contributed by atoms with E-state index in [1.54, 1.807) is 25.1 Å². The van der Waals surface area contributed by atoms with Crippen LogP contribution in [0.2, 0.25) is 0 Å². The van der Waals surface area contributed by atoms with Gasteiger partial charge in [-0.1, -0.05) is 43.7 Å². The average molecular weight is 325 g/mol. The molecule has 0 saturated heterocycles. The first-order valence-corrected chi connectivity index (χ1v) is 8.05. The van der Waals surface area contributed by atoms with Crippen LogP contribution in [0.5, 0.6) is 0 Å². The summed E-state index contributed by atoms with van der Waals surface area (Å²) in [5.74, 6) is -0.422. The lowest BCUT2D eigenvalue weighted by Crippen LogP contribution is -2.30. The van der Waals surface area contributed by atoms with Gasteiger partial charge in [-0.05, 0) is 49.6 Å².